The van der Waals surface area contributed by atoms with Crippen LogP contribution in [0.15, 0.2) is 0 Å². The Morgan fingerprint density at radius 2 is 1.79 bits per heavy atom. The van der Waals surface area contributed by atoms with Gasteiger partial charge in [0.05, 0.1) is 5.60 Å². The Kier molecular flexibility index (Phi) is 6.54. The van der Waals surface area contributed by atoms with Gasteiger partial charge in [0.15, 0.2) is 0 Å². The molecular weight excluding hydrogens is 304 g/mol. The molecule has 1 amide bonds. The van der Waals surface area contributed by atoms with Gasteiger partial charge >= 0.3 is 6.09 Å². The number of likely N-dealkylation sites (N-methyl/N-ethyl adjacent to an activating group) is 1. The third kappa shape index (κ3) is 5.62. The molecule has 5 nitrogen and oxygen atoms in total. The van der Waals surface area contributed by atoms with E-state index in [1.54, 1.807) is 0 Å². The van der Waals surface area contributed by atoms with Crippen molar-refractivity contribution in [2.45, 2.75) is 89.9 Å². The Morgan fingerprint density at radius 3 is 2.29 bits per heavy atom. The summed E-state index contributed by atoms with van der Waals surface area (Å²) in [5, 5.41) is 10.8. The minimum Gasteiger partial charge on any atom is -0.444 e. The lowest BCUT2D eigenvalue weighted by atomic mass is 9.84. The highest BCUT2D eigenvalue weighted by molar-refractivity contribution is 5.68. The number of likely N-dealkylation sites (tertiary alicyclic amines) is 1. The lowest BCUT2D eigenvalue weighted by molar-refractivity contribution is -0.0424. The van der Waals surface area contributed by atoms with Crippen LogP contribution in [0.1, 0.15) is 72.6 Å². The molecule has 1 N–H and O–H groups in total. The lowest BCUT2D eigenvalue weighted by Crippen LogP contribution is -2.52. The molecule has 0 spiro atoms. The van der Waals surface area contributed by atoms with Crippen molar-refractivity contribution < 1.29 is 14.6 Å². The Bertz CT molecular complexity index is 405. The quantitative estimate of drug-likeness (QED) is 0.852. The first kappa shape index (κ1) is 19.5. The summed E-state index contributed by atoms with van der Waals surface area (Å²) in [6, 6.07) is 0.458. The van der Waals surface area contributed by atoms with Crippen LogP contribution < -0.4 is 0 Å². The number of piperidine rings is 1. The highest BCUT2D eigenvalue weighted by atomic mass is 16.6. The van der Waals surface area contributed by atoms with E-state index >= 15 is 0 Å². The minimum absolute atomic E-state index is 0.199. The molecule has 1 heterocycles. The first-order valence-corrected chi connectivity index (χ1v) is 9.67. The second kappa shape index (κ2) is 8.05. The van der Waals surface area contributed by atoms with E-state index in [4.69, 9.17) is 4.74 Å². The van der Waals surface area contributed by atoms with Crippen LogP contribution in [0.3, 0.4) is 0 Å². The summed E-state index contributed by atoms with van der Waals surface area (Å²) >= 11 is 0. The van der Waals surface area contributed by atoms with Crippen molar-refractivity contribution in [2.24, 2.45) is 0 Å². The number of ether oxygens (including phenoxy) is 1. The maximum Gasteiger partial charge on any atom is 0.410 e. The van der Waals surface area contributed by atoms with Crippen LogP contribution in [0.25, 0.3) is 0 Å². The summed E-state index contributed by atoms with van der Waals surface area (Å²) in [6.07, 6.45) is 7.13. The van der Waals surface area contributed by atoms with Gasteiger partial charge < -0.3 is 14.7 Å². The summed E-state index contributed by atoms with van der Waals surface area (Å²) in [5.41, 5.74) is -0.940. The van der Waals surface area contributed by atoms with Crippen molar-refractivity contribution in [1.29, 1.82) is 0 Å². The number of carbonyl (C=O) groups excluding carboxylic acids is 1. The summed E-state index contributed by atoms with van der Waals surface area (Å²) in [5.74, 6) is 0. The Morgan fingerprint density at radius 1 is 1.21 bits per heavy atom. The fourth-order valence-corrected chi connectivity index (χ4v) is 3.99. The second-order valence-corrected chi connectivity index (χ2v) is 8.55. The van der Waals surface area contributed by atoms with Gasteiger partial charge in [0.2, 0.25) is 0 Å². The third-order valence-corrected chi connectivity index (χ3v) is 5.32. The number of hydrogen-bond donors (Lipinski definition) is 1. The number of aliphatic hydroxyl groups is 1. The van der Waals surface area contributed by atoms with Gasteiger partial charge in [-0.2, -0.15) is 0 Å². The van der Waals surface area contributed by atoms with Gasteiger partial charge in [0.1, 0.15) is 5.60 Å². The smallest absolute Gasteiger partial charge is 0.410 e. The topological polar surface area (TPSA) is 53.0 Å². The molecule has 1 saturated carbocycles. The van der Waals surface area contributed by atoms with E-state index in [2.05, 4.69) is 11.8 Å². The molecule has 2 rings (SSSR count). The first-order valence-electron chi connectivity index (χ1n) is 9.67. The molecule has 0 unspecified atom stereocenters. The molecule has 24 heavy (non-hydrogen) atoms. The molecular formula is C19H36N2O3. The maximum absolute atomic E-state index is 12.2. The Balaban J connectivity index is 1.84. The van der Waals surface area contributed by atoms with Crippen molar-refractivity contribution in [3.63, 3.8) is 0 Å². The van der Waals surface area contributed by atoms with E-state index in [0.717, 1.165) is 64.7 Å². The lowest BCUT2D eigenvalue weighted by Gasteiger charge is -2.43. The molecule has 2 aliphatic rings. The largest absolute Gasteiger partial charge is 0.444 e. The van der Waals surface area contributed by atoms with Crippen LogP contribution in [-0.4, -0.2) is 64.4 Å². The minimum atomic E-state index is -0.503. The third-order valence-electron chi connectivity index (χ3n) is 5.32. The van der Waals surface area contributed by atoms with Crippen molar-refractivity contribution in [2.75, 3.05) is 26.2 Å². The molecule has 0 aromatic rings. The molecule has 1 aliphatic heterocycles. The van der Waals surface area contributed by atoms with Crippen molar-refractivity contribution in [3.8, 4) is 0 Å². The molecule has 0 atom stereocenters. The number of amides is 1. The van der Waals surface area contributed by atoms with Crippen molar-refractivity contribution >= 4 is 6.09 Å². The first-order chi connectivity index (χ1) is 11.2. The average molecular weight is 341 g/mol. The van der Waals surface area contributed by atoms with E-state index in [1.165, 1.54) is 6.42 Å². The van der Waals surface area contributed by atoms with Crippen LogP contribution >= 0.6 is 0 Å². The van der Waals surface area contributed by atoms with E-state index in [9.17, 15) is 9.90 Å². The second-order valence-electron chi connectivity index (χ2n) is 8.55. The molecule has 2 fully saturated rings. The van der Waals surface area contributed by atoms with E-state index in [-0.39, 0.29) is 6.09 Å². The van der Waals surface area contributed by atoms with Gasteiger partial charge in [-0.1, -0.05) is 26.2 Å². The summed E-state index contributed by atoms with van der Waals surface area (Å²) in [6.45, 7) is 11.1. The van der Waals surface area contributed by atoms with Gasteiger partial charge in [-0.3, -0.25) is 4.90 Å². The SMILES string of the molecule is CCN(CC1(O)CCCCC1)C1CCN(C(=O)OC(C)(C)C)CC1. The molecule has 0 aromatic heterocycles. The average Bonchev–Trinajstić information content (AvgIpc) is 2.52. The zero-order valence-corrected chi connectivity index (χ0v) is 16.0. The molecule has 0 radical (unpaired) electrons. The maximum atomic E-state index is 12.2. The van der Waals surface area contributed by atoms with E-state index in [1.807, 2.05) is 25.7 Å². The zero-order chi connectivity index (χ0) is 17.8. The molecule has 5 heteroatoms. The number of rotatable bonds is 4. The van der Waals surface area contributed by atoms with Crippen LogP contribution in [0.4, 0.5) is 4.79 Å². The normalized spacial score (nSPS) is 22.7. The molecule has 140 valence electrons. The Hall–Kier alpha value is -0.810. The predicted molar refractivity (Wildman–Crippen MR) is 96.1 cm³/mol. The molecule has 1 saturated heterocycles. The number of hydrogen-bond acceptors (Lipinski definition) is 4. The Labute approximate surface area is 147 Å². The zero-order valence-electron chi connectivity index (χ0n) is 16.0. The highest BCUT2D eigenvalue weighted by Crippen LogP contribution is 2.30. The van der Waals surface area contributed by atoms with Crippen LogP contribution in [0.2, 0.25) is 0 Å². The summed E-state index contributed by atoms with van der Waals surface area (Å²) < 4.78 is 5.47. The summed E-state index contributed by atoms with van der Waals surface area (Å²) in [7, 11) is 0. The fraction of sp³-hybridized carbons (Fsp3) is 0.947. The predicted octanol–water partition coefficient (Wildman–Crippen LogP) is 3.40. The van der Waals surface area contributed by atoms with Crippen LogP contribution in [0, 0.1) is 0 Å². The van der Waals surface area contributed by atoms with Crippen molar-refractivity contribution in [1.82, 2.24) is 9.80 Å². The monoisotopic (exact) mass is 340 g/mol. The van der Waals surface area contributed by atoms with Gasteiger partial charge in [0, 0.05) is 25.7 Å². The molecule has 1 aliphatic carbocycles. The van der Waals surface area contributed by atoms with Gasteiger partial charge in [0.25, 0.3) is 0 Å². The van der Waals surface area contributed by atoms with Crippen molar-refractivity contribution in [3.05, 3.63) is 0 Å². The highest BCUT2D eigenvalue weighted by Gasteiger charge is 2.35. The molecule has 0 bridgehead atoms. The van der Waals surface area contributed by atoms with E-state index < -0.39 is 11.2 Å². The van der Waals surface area contributed by atoms with Gasteiger partial charge in [-0.25, -0.2) is 4.79 Å². The van der Waals surface area contributed by atoms with Gasteiger partial charge in [-0.15, -0.1) is 0 Å². The number of carbonyl (C=O) groups is 1. The van der Waals surface area contributed by atoms with Gasteiger partial charge in [-0.05, 0) is 53.0 Å². The molecule has 0 aromatic carbocycles. The van der Waals surface area contributed by atoms with E-state index in [0.29, 0.717) is 6.04 Å². The summed E-state index contributed by atoms with van der Waals surface area (Å²) in [4.78, 5) is 16.4. The van der Waals surface area contributed by atoms with Crippen LogP contribution in [0.5, 0.6) is 0 Å². The van der Waals surface area contributed by atoms with Crippen LogP contribution in [-0.2, 0) is 4.74 Å². The fourth-order valence-electron chi connectivity index (χ4n) is 3.99. The number of nitrogens with zero attached hydrogens (tertiary/aromatic N) is 2. The standard InChI is InChI=1S/C19H36N2O3/c1-5-20(15-19(23)11-7-6-8-12-19)16-9-13-21(14-10-16)17(22)24-18(2,3)4/h16,23H,5-15H2,1-4H3.